The van der Waals surface area contributed by atoms with Crippen molar-refractivity contribution >= 4 is 11.6 Å². The van der Waals surface area contributed by atoms with Crippen molar-refractivity contribution in [3.8, 4) is 0 Å². The largest absolute Gasteiger partial charge is 0.423 e. The Labute approximate surface area is 146 Å². The zero-order valence-electron chi connectivity index (χ0n) is 14.5. The summed E-state index contributed by atoms with van der Waals surface area (Å²) < 4.78 is 11.1. The number of para-hydroxylation sites is 1. The summed E-state index contributed by atoms with van der Waals surface area (Å²) in [6, 6.07) is 7.73. The fraction of sp³-hybridized carbons (Fsp3) is 0.500. The number of morpholine rings is 1. The van der Waals surface area contributed by atoms with E-state index in [0.29, 0.717) is 31.5 Å². The second-order valence-corrected chi connectivity index (χ2v) is 6.53. The van der Waals surface area contributed by atoms with E-state index in [1.807, 2.05) is 24.0 Å². The van der Waals surface area contributed by atoms with Crippen LogP contribution in [0, 0.1) is 6.92 Å². The van der Waals surface area contributed by atoms with Gasteiger partial charge in [0.1, 0.15) is 12.1 Å². The van der Waals surface area contributed by atoms with E-state index in [-0.39, 0.29) is 18.0 Å². The summed E-state index contributed by atoms with van der Waals surface area (Å²) >= 11 is 0. The molecular weight excluding hydrogens is 320 g/mol. The van der Waals surface area contributed by atoms with Crippen LogP contribution in [-0.4, -0.2) is 53.3 Å². The molecule has 0 bridgehead atoms. The SMILES string of the molecule is Cc1nnc(C2COCCN2C(=O)C(C)N2CCc3ccccc32)o1. The van der Waals surface area contributed by atoms with Gasteiger partial charge < -0.3 is 19.0 Å². The first-order valence-electron chi connectivity index (χ1n) is 8.68. The van der Waals surface area contributed by atoms with Gasteiger partial charge in [0.05, 0.1) is 13.2 Å². The first-order valence-corrected chi connectivity index (χ1v) is 8.68. The van der Waals surface area contributed by atoms with E-state index in [4.69, 9.17) is 9.15 Å². The van der Waals surface area contributed by atoms with E-state index in [9.17, 15) is 4.79 Å². The molecule has 1 fully saturated rings. The van der Waals surface area contributed by atoms with Gasteiger partial charge in [0.15, 0.2) is 0 Å². The topological polar surface area (TPSA) is 71.7 Å². The lowest BCUT2D eigenvalue weighted by atomic mass is 10.1. The van der Waals surface area contributed by atoms with E-state index in [1.54, 1.807) is 6.92 Å². The lowest BCUT2D eigenvalue weighted by molar-refractivity contribution is -0.142. The zero-order valence-corrected chi connectivity index (χ0v) is 14.5. The number of rotatable bonds is 3. The smallest absolute Gasteiger partial charge is 0.245 e. The number of carbonyl (C=O) groups excluding carboxylic acids is 1. The van der Waals surface area contributed by atoms with Crippen molar-refractivity contribution in [2.75, 3.05) is 31.2 Å². The van der Waals surface area contributed by atoms with Crippen LogP contribution in [0.5, 0.6) is 0 Å². The number of anilines is 1. The molecule has 1 aromatic carbocycles. The first kappa shape index (κ1) is 16.1. The molecule has 2 aromatic rings. The number of amides is 1. The number of hydrogen-bond donors (Lipinski definition) is 0. The summed E-state index contributed by atoms with van der Waals surface area (Å²) in [5.74, 6) is 1.01. The normalized spacial score (nSPS) is 21.3. The van der Waals surface area contributed by atoms with Gasteiger partial charge in [-0.15, -0.1) is 10.2 Å². The number of benzene rings is 1. The average Bonchev–Trinajstić information content (AvgIpc) is 3.27. The third kappa shape index (κ3) is 2.89. The van der Waals surface area contributed by atoms with E-state index in [2.05, 4.69) is 27.2 Å². The number of carbonyl (C=O) groups is 1. The van der Waals surface area contributed by atoms with Gasteiger partial charge in [-0.2, -0.15) is 0 Å². The fourth-order valence-corrected chi connectivity index (χ4v) is 3.66. The Hall–Kier alpha value is -2.41. The van der Waals surface area contributed by atoms with Crippen LogP contribution < -0.4 is 4.90 Å². The fourth-order valence-electron chi connectivity index (χ4n) is 3.66. The molecule has 2 unspecified atom stereocenters. The molecule has 3 heterocycles. The molecule has 0 saturated carbocycles. The van der Waals surface area contributed by atoms with Gasteiger partial charge in [0, 0.05) is 25.7 Å². The minimum atomic E-state index is -0.317. The van der Waals surface area contributed by atoms with Crippen molar-refractivity contribution in [2.24, 2.45) is 0 Å². The highest BCUT2D eigenvalue weighted by Crippen LogP contribution is 2.31. The van der Waals surface area contributed by atoms with Crippen LogP contribution in [0.25, 0.3) is 0 Å². The molecule has 1 saturated heterocycles. The molecule has 7 heteroatoms. The van der Waals surface area contributed by atoms with Crippen LogP contribution in [-0.2, 0) is 16.0 Å². The molecule has 0 N–H and O–H groups in total. The first-order chi connectivity index (χ1) is 12.1. The number of aryl methyl sites for hydroxylation is 1. The molecule has 0 spiro atoms. The Morgan fingerprint density at radius 1 is 1.28 bits per heavy atom. The van der Waals surface area contributed by atoms with Crippen LogP contribution in [0.1, 0.15) is 30.3 Å². The maximum atomic E-state index is 13.2. The van der Waals surface area contributed by atoms with Crippen LogP contribution in [0.2, 0.25) is 0 Å². The van der Waals surface area contributed by atoms with Crippen molar-refractivity contribution < 1.29 is 13.9 Å². The number of ether oxygens (including phenoxy) is 1. The molecule has 4 rings (SSSR count). The van der Waals surface area contributed by atoms with E-state index in [0.717, 1.165) is 18.7 Å². The number of fused-ring (bicyclic) bond motifs is 1. The number of aromatic nitrogens is 2. The van der Waals surface area contributed by atoms with Gasteiger partial charge in [-0.25, -0.2) is 0 Å². The molecule has 1 amide bonds. The Kier molecular flexibility index (Phi) is 4.17. The second kappa shape index (κ2) is 6.48. The molecule has 7 nitrogen and oxygen atoms in total. The van der Waals surface area contributed by atoms with Gasteiger partial charge in [-0.1, -0.05) is 18.2 Å². The highest BCUT2D eigenvalue weighted by molar-refractivity contribution is 5.86. The van der Waals surface area contributed by atoms with E-state index in [1.165, 1.54) is 5.56 Å². The van der Waals surface area contributed by atoms with Gasteiger partial charge >= 0.3 is 0 Å². The van der Waals surface area contributed by atoms with E-state index < -0.39 is 0 Å². The monoisotopic (exact) mass is 342 g/mol. The number of nitrogens with zero attached hydrogens (tertiary/aromatic N) is 4. The average molecular weight is 342 g/mol. The summed E-state index contributed by atoms with van der Waals surface area (Å²) in [7, 11) is 0. The molecule has 25 heavy (non-hydrogen) atoms. The molecule has 132 valence electrons. The third-order valence-corrected chi connectivity index (χ3v) is 4.99. The Morgan fingerprint density at radius 2 is 2.12 bits per heavy atom. The summed E-state index contributed by atoms with van der Waals surface area (Å²) in [5, 5.41) is 7.98. The predicted octanol–water partition coefficient (Wildman–Crippen LogP) is 1.73. The molecule has 0 radical (unpaired) electrons. The van der Waals surface area contributed by atoms with Gasteiger partial charge in [0.25, 0.3) is 0 Å². The van der Waals surface area contributed by atoms with Crippen LogP contribution in [0.15, 0.2) is 28.7 Å². The van der Waals surface area contributed by atoms with Crippen molar-refractivity contribution in [3.63, 3.8) is 0 Å². The minimum absolute atomic E-state index is 0.0702. The quantitative estimate of drug-likeness (QED) is 0.846. The lowest BCUT2D eigenvalue weighted by Crippen LogP contribution is -2.51. The zero-order chi connectivity index (χ0) is 17.4. The van der Waals surface area contributed by atoms with Gasteiger partial charge in [-0.05, 0) is 25.0 Å². The standard InChI is InChI=1S/C18H22N4O3/c1-12(21-8-7-14-5-3-4-6-15(14)21)18(23)22-9-10-24-11-16(22)17-20-19-13(2)25-17/h3-6,12,16H,7-11H2,1-2H3. The van der Waals surface area contributed by atoms with Crippen molar-refractivity contribution in [1.82, 2.24) is 15.1 Å². The Bertz CT molecular complexity index is 775. The maximum absolute atomic E-state index is 13.2. The molecule has 2 aliphatic rings. The van der Waals surface area contributed by atoms with Crippen molar-refractivity contribution in [2.45, 2.75) is 32.4 Å². The number of hydrogen-bond acceptors (Lipinski definition) is 6. The molecule has 1 aromatic heterocycles. The van der Waals surface area contributed by atoms with Crippen molar-refractivity contribution in [1.29, 1.82) is 0 Å². The second-order valence-electron chi connectivity index (χ2n) is 6.53. The Balaban J connectivity index is 1.56. The lowest BCUT2D eigenvalue weighted by Gasteiger charge is -2.37. The Morgan fingerprint density at radius 3 is 2.92 bits per heavy atom. The third-order valence-electron chi connectivity index (χ3n) is 4.99. The summed E-state index contributed by atoms with van der Waals surface area (Å²) in [6.45, 7) is 6.02. The van der Waals surface area contributed by atoms with Gasteiger partial charge in [-0.3, -0.25) is 4.79 Å². The summed E-state index contributed by atoms with van der Waals surface area (Å²) in [6.07, 6.45) is 0.975. The molecule has 2 aliphatic heterocycles. The molecule has 2 atom stereocenters. The summed E-state index contributed by atoms with van der Waals surface area (Å²) in [5.41, 5.74) is 2.45. The van der Waals surface area contributed by atoms with E-state index >= 15 is 0 Å². The molecule has 0 aliphatic carbocycles. The van der Waals surface area contributed by atoms with Gasteiger partial charge in [0.2, 0.25) is 17.7 Å². The molecular formula is C18H22N4O3. The van der Waals surface area contributed by atoms with Crippen LogP contribution >= 0.6 is 0 Å². The van der Waals surface area contributed by atoms with Crippen molar-refractivity contribution in [3.05, 3.63) is 41.6 Å². The predicted molar refractivity (Wildman–Crippen MR) is 91.3 cm³/mol. The summed E-state index contributed by atoms with van der Waals surface area (Å²) in [4.78, 5) is 17.2. The maximum Gasteiger partial charge on any atom is 0.245 e. The highest BCUT2D eigenvalue weighted by atomic mass is 16.5. The minimum Gasteiger partial charge on any atom is -0.423 e. The highest BCUT2D eigenvalue weighted by Gasteiger charge is 2.37. The van der Waals surface area contributed by atoms with Crippen LogP contribution in [0.4, 0.5) is 5.69 Å². The van der Waals surface area contributed by atoms with Crippen LogP contribution in [0.3, 0.4) is 0 Å².